The van der Waals surface area contributed by atoms with Crippen LogP contribution in [-0.2, 0) is 4.79 Å². The number of hydrogen-bond acceptors (Lipinski definition) is 3. The lowest BCUT2D eigenvalue weighted by molar-refractivity contribution is -0.129. The van der Waals surface area contributed by atoms with Gasteiger partial charge in [0.15, 0.2) is 17.7 Å². The van der Waals surface area contributed by atoms with Gasteiger partial charge in [0, 0.05) is 28.8 Å². The highest BCUT2D eigenvalue weighted by Gasteiger charge is 2.24. The molecular weight excluding hydrogens is 307 g/mol. The number of pyridine rings is 1. The van der Waals surface area contributed by atoms with Crippen molar-refractivity contribution in [3.8, 4) is 18.1 Å². The molecule has 0 aliphatic heterocycles. The van der Waals surface area contributed by atoms with E-state index in [0.717, 1.165) is 0 Å². The van der Waals surface area contributed by atoms with Crippen molar-refractivity contribution in [3.05, 3.63) is 35.8 Å². The Morgan fingerprint density at radius 3 is 2.71 bits per heavy atom. The zero-order chi connectivity index (χ0) is 17.9. The fourth-order valence-corrected chi connectivity index (χ4v) is 2.22. The molecule has 0 fully saturated rings. The molecule has 0 saturated heterocycles. The van der Waals surface area contributed by atoms with E-state index in [2.05, 4.69) is 16.2 Å². The monoisotopic (exact) mass is 328 g/mol. The Morgan fingerprint density at radius 1 is 1.42 bits per heavy atom. The summed E-state index contributed by atoms with van der Waals surface area (Å²) in [6, 6.07) is 4.52. The molecule has 0 aliphatic rings. The lowest BCUT2D eigenvalue weighted by atomic mass is 10.1. The fourth-order valence-electron chi connectivity index (χ4n) is 2.22. The summed E-state index contributed by atoms with van der Waals surface area (Å²) in [5.74, 6) is 1.65. The third-order valence-corrected chi connectivity index (χ3v) is 3.33. The molecule has 126 valence electrons. The van der Waals surface area contributed by atoms with Crippen LogP contribution in [0.25, 0.3) is 10.9 Å². The Bertz CT molecular complexity index is 803. The molecule has 1 unspecified atom stereocenters. The summed E-state index contributed by atoms with van der Waals surface area (Å²) >= 11 is 0. The molecule has 0 saturated carbocycles. The zero-order valence-electron chi connectivity index (χ0n) is 14.3. The number of hydrogen-bond donors (Lipinski definition) is 1. The van der Waals surface area contributed by atoms with Crippen molar-refractivity contribution in [1.82, 2.24) is 10.3 Å². The number of carbonyl (C=O) groups is 1. The van der Waals surface area contributed by atoms with Crippen LogP contribution in [0.3, 0.4) is 0 Å². The molecule has 1 atom stereocenters. The molecule has 1 aromatic carbocycles. The maximum Gasteiger partial charge on any atom is 0.261 e. The molecule has 24 heavy (non-hydrogen) atoms. The van der Waals surface area contributed by atoms with E-state index < -0.39 is 11.9 Å². The normalized spacial score (nSPS) is 12.5. The third kappa shape index (κ3) is 4.23. The lowest BCUT2D eigenvalue weighted by Gasteiger charge is -2.25. The molecule has 2 rings (SSSR count). The summed E-state index contributed by atoms with van der Waals surface area (Å²) in [7, 11) is 0. The maximum absolute atomic E-state index is 14.3. The summed E-state index contributed by atoms with van der Waals surface area (Å²) in [5, 5.41) is 3.50. The second-order valence-corrected chi connectivity index (χ2v) is 6.60. The Kier molecular flexibility index (Phi) is 5.08. The van der Waals surface area contributed by atoms with E-state index in [1.807, 2.05) is 27.7 Å². The SMILES string of the molecule is C#Cc1cnc2cc(F)c(OC(CC)C(=O)NC(C)(C)C)cc2c1. The smallest absolute Gasteiger partial charge is 0.261 e. The molecule has 1 amide bonds. The van der Waals surface area contributed by atoms with Gasteiger partial charge in [-0.3, -0.25) is 9.78 Å². The summed E-state index contributed by atoms with van der Waals surface area (Å²) in [4.78, 5) is 16.4. The minimum absolute atomic E-state index is 0.00869. The van der Waals surface area contributed by atoms with Crippen LogP contribution < -0.4 is 10.1 Å². The van der Waals surface area contributed by atoms with Gasteiger partial charge in [0.2, 0.25) is 0 Å². The van der Waals surface area contributed by atoms with Crippen molar-refractivity contribution < 1.29 is 13.9 Å². The molecule has 0 radical (unpaired) electrons. The standard InChI is InChI=1S/C19H21FN2O2/c1-6-12-8-13-9-17(14(20)10-15(13)21-11-12)24-16(7-2)18(23)22-19(3,4)5/h1,8-11,16H,7H2,2-5H3,(H,22,23). The van der Waals surface area contributed by atoms with Crippen molar-refractivity contribution in [1.29, 1.82) is 0 Å². The van der Waals surface area contributed by atoms with Crippen molar-refractivity contribution >= 4 is 16.8 Å². The predicted molar refractivity (Wildman–Crippen MR) is 92.2 cm³/mol. The number of fused-ring (bicyclic) bond motifs is 1. The Balaban J connectivity index is 2.31. The number of halogens is 1. The summed E-state index contributed by atoms with van der Waals surface area (Å²) < 4.78 is 19.9. The van der Waals surface area contributed by atoms with Crippen LogP contribution in [0.1, 0.15) is 39.7 Å². The number of nitrogens with one attached hydrogen (secondary N) is 1. The van der Waals surface area contributed by atoms with Crippen molar-refractivity contribution in [2.75, 3.05) is 0 Å². The molecule has 1 aromatic heterocycles. The summed E-state index contributed by atoms with van der Waals surface area (Å²) in [5.41, 5.74) is 0.685. The average molecular weight is 328 g/mol. The van der Waals surface area contributed by atoms with E-state index in [4.69, 9.17) is 11.2 Å². The van der Waals surface area contributed by atoms with Gasteiger partial charge in [-0.2, -0.15) is 0 Å². The number of nitrogens with zero attached hydrogens (tertiary/aromatic N) is 1. The molecule has 1 heterocycles. The molecule has 0 aliphatic carbocycles. The van der Waals surface area contributed by atoms with Gasteiger partial charge in [-0.1, -0.05) is 12.8 Å². The van der Waals surface area contributed by atoms with E-state index in [9.17, 15) is 9.18 Å². The molecule has 4 nitrogen and oxygen atoms in total. The highest BCUT2D eigenvalue weighted by atomic mass is 19.1. The first-order valence-electron chi connectivity index (χ1n) is 7.78. The van der Waals surface area contributed by atoms with E-state index in [1.165, 1.54) is 18.3 Å². The van der Waals surface area contributed by atoms with Crippen LogP contribution in [0.5, 0.6) is 5.75 Å². The highest BCUT2D eigenvalue weighted by molar-refractivity contribution is 5.83. The van der Waals surface area contributed by atoms with Crippen LogP contribution in [0.15, 0.2) is 24.4 Å². The van der Waals surface area contributed by atoms with Crippen LogP contribution in [0.4, 0.5) is 4.39 Å². The third-order valence-electron chi connectivity index (χ3n) is 3.33. The molecule has 1 N–H and O–H groups in total. The predicted octanol–water partition coefficient (Wildman–Crippen LogP) is 3.43. The minimum atomic E-state index is -0.778. The van der Waals surface area contributed by atoms with Gasteiger partial charge >= 0.3 is 0 Å². The first kappa shape index (κ1) is 17.7. The quantitative estimate of drug-likeness (QED) is 0.875. The number of aromatic nitrogens is 1. The van der Waals surface area contributed by atoms with Crippen molar-refractivity contribution in [2.24, 2.45) is 0 Å². The van der Waals surface area contributed by atoms with Gasteiger partial charge < -0.3 is 10.1 Å². The second kappa shape index (κ2) is 6.88. The minimum Gasteiger partial charge on any atom is -0.478 e. The van der Waals surface area contributed by atoms with Crippen LogP contribution in [0, 0.1) is 18.2 Å². The highest BCUT2D eigenvalue weighted by Crippen LogP contribution is 2.25. The first-order chi connectivity index (χ1) is 11.2. The number of terminal acetylenes is 1. The topological polar surface area (TPSA) is 51.2 Å². The van der Waals surface area contributed by atoms with Gasteiger partial charge in [0.1, 0.15) is 0 Å². The van der Waals surface area contributed by atoms with Crippen LogP contribution >= 0.6 is 0 Å². The number of ether oxygens (including phenoxy) is 1. The number of carbonyl (C=O) groups excluding carboxylic acids is 1. The van der Waals surface area contributed by atoms with Crippen LogP contribution in [0.2, 0.25) is 0 Å². The Hall–Kier alpha value is -2.61. The average Bonchev–Trinajstić information content (AvgIpc) is 2.50. The van der Waals surface area contributed by atoms with Gasteiger partial charge in [0.25, 0.3) is 5.91 Å². The molecule has 2 aromatic rings. The van der Waals surface area contributed by atoms with Crippen LogP contribution in [-0.4, -0.2) is 22.5 Å². The van der Waals surface area contributed by atoms with E-state index in [0.29, 0.717) is 22.9 Å². The van der Waals surface area contributed by atoms with Gasteiger partial charge in [-0.15, -0.1) is 6.42 Å². The van der Waals surface area contributed by atoms with E-state index in [1.54, 1.807) is 6.07 Å². The number of amides is 1. The largest absolute Gasteiger partial charge is 0.478 e. The molecule has 0 bridgehead atoms. The maximum atomic E-state index is 14.3. The Labute approximate surface area is 141 Å². The number of benzene rings is 1. The molecular formula is C19H21FN2O2. The second-order valence-electron chi connectivity index (χ2n) is 6.60. The van der Waals surface area contributed by atoms with Crippen molar-refractivity contribution in [3.63, 3.8) is 0 Å². The fraction of sp³-hybridized carbons (Fsp3) is 0.368. The zero-order valence-corrected chi connectivity index (χ0v) is 14.3. The summed E-state index contributed by atoms with van der Waals surface area (Å²) in [6.45, 7) is 7.44. The van der Waals surface area contributed by atoms with Gasteiger partial charge in [0.05, 0.1) is 5.52 Å². The summed E-state index contributed by atoms with van der Waals surface area (Å²) in [6.07, 6.45) is 6.51. The van der Waals surface area contributed by atoms with E-state index >= 15 is 0 Å². The Morgan fingerprint density at radius 2 is 2.12 bits per heavy atom. The number of rotatable bonds is 4. The van der Waals surface area contributed by atoms with Gasteiger partial charge in [-0.25, -0.2) is 4.39 Å². The van der Waals surface area contributed by atoms with Crippen molar-refractivity contribution in [2.45, 2.75) is 45.8 Å². The van der Waals surface area contributed by atoms with Gasteiger partial charge in [-0.05, 0) is 39.3 Å². The molecule has 0 spiro atoms. The first-order valence-corrected chi connectivity index (χ1v) is 7.78. The lowest BCUT2D eigenvalue weighted by Crippen LogP contribution is -2.47. The molecule has 5 heteroatoms. The van der Waals surface area contributed by atoms with E-state index in [-0.39, 0.29) is 17.2 Å².